The number of nitrogens with one attached hydrogen (secondary N) is 1. The standard InChI is InChI=1S/C9H10N4O3S/c1-6-11-9(12-16-6)13-17(14,15)8-4-2-7(10)3-5-8/h2-5H,10H2,1H3,(H,12,13). The van der Waals surface area contributed by atoms with Crippen molar-refractivity contribution in [1.29, 1.82) is 0 Å². The van der Waals surface area contributed by atoms with E-state index in [1.165, 1.54) is 24.3 Å². The van der Waals surface area contributed by atoms with E-state index in [0.29, 0.717) is 5.69 Å². The summed E-state index contributed by atoms with van der Waals surface area (Å²) in [5, 5.41) is 3.44. The Morgan fingerprint density at radius 1 is 1.29 bits per heavy atom. The number of benzene rings is 1. The highest BCUT2D eigenvalue weighted by molar-refractivity contribution is 7.92. The Morgan fingerprint density at radius 3 is 2.47 bits per heavy atom. The average Bonchev–Trinajstić information content (AvgIpc) is 2.63. The van der Waals surface area contributed by atoms with Crippen LogP contribution in [0, 0.1) is 6.92 Å². The van der Waals surface area contributed by atoms with Crippen LogP contribution in [0.3, 0.4) is 0 Å². The monoisotopic (exact) mass is 254 g/mol. The summed E-state index contributed by atoms with van der Waals surface area (Å²) in [6.07, 6.45) is 0. The van der Waals surface area contributed by atoms with Gasteiger partial charge >= 0.3 is 0 Å². The zero-order chi connectivity index (χ0) is 12.5. The largest absolute Gasteiger partial charge is 0.399 e. The maximum absolute atomic E-state index is 11.8. The van der Waals surface area contributed by atoms with Crippen molar-refractivity contribution in [3.63, 3.8) is 0 Å². The van der Waals surface area contributed by atoms with Crippen LogP contribution in [0.15, 0.2) is 33.7 Å². The molecule has 0 fully saturated rings. The summed E-state index contributed by atoms with van der Waals surface area (Å²) in [5.74, 6) is 0.180. The number of hydrogen-bond acceptors (Lipinski definition) is 6. The third-order valence-electron chi connectivity index (χ3n) is 1.94. The molecule has 1 heterocycles. The maximum Gasteiger partial charge on any atom is 0.277 e. The van der Waals surface area contributed by atoms with Gasteiger partial charge in [-0.3, -0.25) is 0 Å². The van der Waals surface area contributed by atoms with E-state index in [0.717, 1.165) is 0 Å². The average molecular weight is 254 g/mol. The lowest BCUT2D eigenvalue weighted by Gasteiger charge is -2.03. The van der Waals surface area contributed by atoms with Gasteiger partial charge in [-0.2, -0.15) is 4.98 Å². The lowest BCUT2D eigenvalue weighted by atomic mass is 10.3. The van der Waals surface area contributed by atoms with E-state index in [1.807, 2.05) is 0 Å². The zero-order valence-electron chi connectivity index (χ0n) is 8.91. The summed E-state index contributed by atoms with van der Waals surface area (Å²) < 4.78 is 30.5. The van der Waals surface area contributed by atoms with Crippen LogP contribution in [0.5, 0.6) is 0 Å². The zero-order valence-corrected chi connectivity index (χ0v) is 9.73. The molecule has 7 nitrogen and oxygen atoms in total. The molecule has 2 rings (SSSR count). The van der Waals surface area contributed by atoms with Crippen LogP contribution < -0.4 is 10.5 Å². The molecule has 0 atom stereocenters. The number of rotatable bonds is 3. The van der Waals surface area contributed by atoms with Crippen molar-refractivity contribution in [3.8, 4) is 0 Å². The first-order chi connectivity index (χ1) is 7.97. The Morgan fingerprint density at radius 2 is 1.94 bits per heavy atom. The Kier molecular flexibility index (Phi) is 2.72. The summed E-state index contributed by atoms with van der Waals surface area (Å²) in [7, 11) is -3.71. The maximum atomic E-state index is 11.8. The van der Waals surface area contributed by atoms with Gasteiger partial charge in [0.1, 0.15) is 0 Å². The second kappa shape index (κ2) is 4.06. The molecule has 1 aromatic heterocycles. The fourth-order valence-electron chi connectivity index (χ4n) is 1.17. The SMILES string of the molecule is Cc1nc(NS(=O)(=O)c2ccc(N)cc2)no1. The minimum atomic E-state index is -3.71. The number of aromatic nitrogens is 2. The molecule has 0 unspecified atom stereocenters. The van der Waals surface area contributed by atoms with Crippen LogP contribution >= 0.6 is 0 Å². The molecule has 0 aliphatic rings. The Balaban J connectivity index is 2.28. The number of nitrogens with two attached hydrogens (primary N) is 1. The number of nitrogen functional groups attached to an aromatic ring is 1. The number of nitrogens with zero attached hydrogens (tertiary/aromatic N) is 2. The predicted octanol–water partition coefficient (Wildman–Crippen LogP) is 0.761. The summed E-state index contributed by atoms with van der Waals surface area (Å²) >= 11 is 0. The van der Waals surface area contributed by atoms with Crippen LogP contribution in [0.1, 0.15) is 5.89 Å². The van der Waals surface area contributed by atoms with Crippen molar-refractivity contribution in [2.24, 2.45) is 0 Å². The van der Waals surface area contributed by atoms with E-state index >= 15 is 0 Å². The predicted molar refractivity (Wildman–Crippen MR) is 60.7 cm³/mol. The third kappa shape index (κ3) is 2.53. The molecule has 1 aromatic carbocycles. The van der Waals surface area contributed by atoms with Gasteiger partial charge in [0, 0.05) is 12.6 Å². The number of sulfonamides is 1. The van der Waals surface area contributed by atoms with Crippen molar-refractivity contribution >= 4 is 21.7 Å². The van der Waals surface area contributed by atoms with Gasteiger partial charge in [-0.1, -0.05) is 0 Å². The third-order valence-corrected chi connectivity index (χ3v) is 3.29. The molecule has 0 saturated heterocycles. The molecule has 17 heavy (non-hydrogen) atoms. The van der Waals surface area contributed by atoms with Crippen molar-refractivity contribution in [1.82, 2.24) is 10.1 Å². The molecule has 0 saturated carbocycles. The summed E-state index contributed by atoms with van der Waals surface area (Å²) in [5.41, 5.74) is 5.96. The molecule has 8 heteroatoms. The molecule has 90 valence electrons. The van der Waals surface area contributed by atoms with Crippen molar-refractivity contribution in [2.75, 3.05) is 10.5 Å². The van der Waals surface area contributed by atoms with Gasteiger partial charge in [-0.05, 0) is 29.4 Å². The topological polar surface area (TPSA) is 111 Å². The van der Waals surface area contributed by atoms with E-state index < -0.39 is 10.0 Å². The van der Waals surface area contributed by atoms with Crippen LogP contribution in [-0.2, 0) is 10.0 Å². The van der Waals surface area contributed by atoms with Crippen molar-refractivity contribution in [3.05, 3.63) is 30.2 Å². The van der Waals surface area contributed by atoms with Crippen LogP contribution in [0.4, 0.5) is 11.6 Å². The van der Waals surface area contributed by atoms with Crippen LogP contribution in [0.25, 0.3) is 0 Å². The first-order valence-electron chi connectivity index (χ1n) is 4.66. The van der Waals surface area contributed by atoms with Crippen molar-refractivity contribution < 1.29 is 12.9 Å². The molecular formula is C9H10N4O3S. The molecular weight excluding hydrogens is 244 g/mol. The second-order valence-corrected chi connectivity index (χ2v) is 4.99. The molecule has 0 aliphatic heterocycles. The van der Waals surface area contributed by atoms with Gasteiger partial charge in [-0.25, -0.2) is 13.1 Å². The van der Waals surface area contributed by atoms with Gasteiger partial charge in [0.25, 0.3) is 16.0 Å². The minimum absolute atomic E-state index is 0.0779. The highest BCUT2D eigenvalue weighted by Gasteiger charge is 2.16. The number of anilines is 2. The molecule has 0 aliphatic carbocycles. The van der Waals surface area contributed by atoms with E-state index in [4.69, 9.17) is 5.73 Å². The second-order valence-electron chi connectivity index (χ2n) is 3.31. The number of aryl methyl sites for hydroxylation is 1. The van der Waals surface area contributed by atoms with Gasteiger partial charge in [-0.15, -0.1) is 0 Å². The van der Waals surface area contributed by atoms with Crippen LogP contribution in [-0.4, -0.2) is 18.6 Å². The lowest BCUT2D eigenvalue weighted by molar-refractivity contribution is 0.395. The van der Waals surface area contributed by atoms with Crippen LogP contribution in [0.2, 0.25) is 0 Å². The first kappa shape index (κ1) is 11.4. The van der Waals surface area contributed by atoms with Crippen molar-refractivity contribution in [2.45, 2.75) is 11.8 Å². The number of hydrogen-bond donors (Lipinski definition) is 2. The van der Waals surface area contributed by atoms with E-state index in [2.05, 4.69) is 19.4 Å². The highest BCUT2D eigenvalue weighted by Crippen LogP contribution is 2.14. The normalized spacial score (nSPS) is 11.4. The van der Waals surface area contributed by atoms with E-state index in [-0.39, 0.29) is 16.7 Å². The van der Waals surface area contributed by atoms with Gasteiger partial charge in [0.2, 0.25) is 5.89 Å². The highest BCUT2D eigenvalue weighted by atomic mass is 32.2. The Hall–Kier alpha value is -2.09. The Labute approximate surface area is 97.7 Å². The fraction of sp³-hybridized carbons (Fsp3) is 0.111. The summed E-state index contributed by atoms with van der Waals surface area (Å²) in [6, 6.07) is 5.78. The smallest absolute Gasteiger partial charge is 0.277 e. The van der Waals surface area contributed by atoms with Gasteiger partial charge in [0.15, 0.2) is 0 Å². The summed E-state index contributed by atoms with van der Waals surface area (Å²) in [4.78, 5) is 3.82. The van der Waals surface area contributed by atoms with E-state index in [9.17, 15) is 8.42 Å². The van der Waals surface area contributed by atoms with E-state index in [1.54, 1.807) is 6.92 Å². The van der Waals surface area contributed by atoms with Gasteiger partial charge in [0.05, 0.1) is 4.90 Å². The summed E-state index contributed by atoms with van der Waals surface area (Å²) in [6.45, 7) is 1.56. The molecule has 0 radical (unpaired) electrons. The molecule has 2 aromatic rings. The molecule has 0 amide bonds. The lowest BCUT2D eigenvalue weighted by Crippen LogP contribution is -2.13. The fourth-order valence-corrected chi connectivity index (χ4v) is 2.10. The quantitative estimate of drug-likeness (QED) is 0.782. The molecule has 3 N–H and O–H groups in total. The van der Waals surface area contributed by atoms with Gasteiger partial charge < -0.3 is 10.3 Å². The molecule has 0 spiro atoms. The first-order valence-corrected chi connectivity index (χ1v) is 6.14. The minimum Gasteiger partial charge on any atom is -0.399 e. The Bertz CT molecular complexity index is 618. The molecule has 0 bridgehead atoms.